The number of hydrogen-bond donors (Lipinski definition) is 2. The van der Waals surface area contributed by atoms with Gasteiger partial charge in [-0.15, -0.1) is 0 Å². The smallest absolute Gasteiger partial charge is 0.426 e. The highest BCUT2D eigenvalue weighted by molar-refractivity contribution is 6.30. The predicted molar refractivity (Wildman–Crippen MR) is 138 cm³/mol. The van der Waals surface area contributed by atoms with Gasteiger partial charge in [0.1, 0.15) is 0 Å². The monoisotopic (exact) mass is 616 g/mol. The van der Waals surface area contributed by atoms with E-state index in [4.69, 9.17) is 11.6 Å². The van der Waals surface area contributed by atoms with Crippen molar-refractivity contribution in [2.75, 3.05) is 57.3 Å². The molecule has 3 aliphatic heterocycles. The molecule has 0 saturated carbocycles. The number of β-amino-alcohol motifs (C(OH)–C–C–N with tert-alkyl or cyclic N) is 2. The quantitative estimate of drug-likeness (QED) is 0.353. The molecule has 3 fully saturated rings. The molecular weight excluding hydrogens is 582 g/mol. The molecular formula is C26H35ClF6N4O4. The van der Waals surface area contributed by atoms with E-state index < -0.39 is 30.8 Å². The molecule has 1 aromatic carbocycles. The zero-order valence-corrected chi connectivity index (χ0v) is 23.1. The minimum atomic E-state index is -5.76. The molecule has 15 heteroatoms. The number of ether oxygens (including phenoxy) is 1. The first-order valence-corrected chi connectivity index (χ1v) is 14.0. The van der Waals surface area contributed by atoms with Crippen molar-refractivity contribution in [3.63, 3.8) is 0 Å². The highest BCUT2D eigenvalue weighted by Crippen LogP contribution is 2.37. The van der Waals surface area contributed by atoms with E-state index >= 15 is 0 Å². The predicted octanol–water partition coefficient (Wildman–Crippen LogP) is 4.08. The molecule has 1 unspecified atom stereocenters. The Labute approximate surface area is 239 Å². The van der Waals surface area contributed by atoms with Crippen LogP contribution in [-0.2, 0) is 11.3 Å². The van der Waals surface area contributed by atoms with Gasteiger partial charge >= 0.3 is 18.4 Å². The van der Waals surface area contributed by atoms with Gasteiger partial charge in [0.2, 0.25) is 0 Å². The number of carbonyl (C=O) groups is 1. The van der Waals surface area contributed by atoms with E-state index in [1.54, 1.807) is 6.07 Å². The summed E-state index contributed by atoms with van der Waals surface area (Å²) in [6.07, 6.45) is -14.7. The summed E-state index contributed by atoms with van der Waals surface area (Å²) in [6, 6.07) is 5.89. The summed E-state index contributed by atoms with van der Waals surface area (Å²) in [7, 11) is 0. The van der Waals surface area contributed by atoms with E-state index in [9.17, 15) is 41.4 Å². The molecule has 41 heavy (non-hydrogen) atoms. The van der Waals surface area contributed by atoms with Crippen LogP contribution >= 0.6 is 11.6 Å². The summed E-state index contributed by atoms with van der Waals surface area (Å²) < 4.78 is 80.5. The topological polar surface area (TPSA) is 79.7 Å². The molecule has 0 aromatic heterocycles. The minimum absolute atomic E-state index is 0.0734. The number of hydrogen-bond acceptors (Lipinski definition) is 7. The Hall–Kier alpha value is -2.00. The maximum atomic E-state index is 12.8. The van der Waals surface area contributed by atoms with E-state index in [0.717, 1.165) is 61.5 Å². The number of anilines is 1. The van der Waals surface area contributed by atoms with Gasteiger partial charge in [-0.2, -0.15) is 26.3 Å². The number of amides is 1. The fourth-order valence-corrected chi connectivity index (χ4v) is 6.30. The van der Waals surface area contributed by atoms with Crippen molar-refractivity contribution in [1.29, 1.82) is 0 Å². The Morgan fingerprint density at radius 3 is 2.17 bits per heavy atom. The van der Waals surface area contributed by atoms with Gasteiger partial charge in [-0.05, 0) is 55.8 Å². The summed E-state index contributed by atoms with van der Waals surface area (Å²) in [6.45, 7) is 3.51. The largest absolute Gasteiger partial charge is 0.434 e. The van der Waals surface area contributed by atoms with Gasteiger partial charge in [-0.25, -0.2) is 4.79 Å². The standard InChI is InChI=1S/C26H35ClF6N4O4/c27-19-4-3-18(15-34-10-12-36(13-11-34)24(40)41-23(25(28,29)30)26(31,32)33)21(14-19)35-8-5-17(6-9-35)20-2-1-7-37(20)16-22(38)39/h3-4,14,17,20,22-23,38-39H,1-2,5-13,15-16H2. The third kappa shape index (κ3) is 8.31. The van der Waals surface area contributed by atoms with E-state index in [-0.39, 0.29) is 32.7 Å². The Morgan fingerprint density at radius 1 is 0.951 bits per heavy atom. The van der Waals surface area contributed by atoms with Crippen LogP contribution < -0.4 is 4.90 Å². The van der Waals surface area contributed by atoms with E-state index in [1.807, 2.05) is 17.0 Å². The van der Waals surface area contributed by atoms with Crippen LogP contribution in [0.3, 0.4) is 0 Å². The van der Waals surface area contributed by atoms with Gasteiger partial charge < -0.3 is 24.7 Å². The maximum Gasteiger partial charge on any atom is 0.434 e. The SMILES string of the molecule is O=C(OC(C(F)(F)F)C(F)(F)F)N1CCN(Cc2ccc(Cl)cc2N2CCC(C3CCCN3CC(O)O)CC2)CC1. The van der Waals surface area contributed by atoms with Crippen LogP contribution in [0.25, 0.3) is 0 Å². The average Bonchev–Trinajstić information content (AvgIpc) is 3.34. The van der Waals surface area contributed by atoms with Gasteiger partial charge in [-0.3, -0.25) is 9.80 Å². The molecule has 2 N–H and O–H groups in total. The number of alkyl halides is 6. The van der Waals surface area contributed by atoms with Crippen molar-refractivity contribution in [2.24, 2.45) is 5.92 Å². The Bertz CT molecular complexity index is 1020. The van der Waals surface area contributed by atoms with Crippen LogP contribution in [0.2, 0.25) is 5.02 Å². The zero-order valence-electron chi connectivity index (χ0n) is 22.4. The van der Waals surface area contributed by atoms with Crippen molar-refractivity contribution in [1.82, 2.24) is 14.7 Å². The third-order valence-electron chi connectivity index (χ3n) is 8.12. The van der Waals surface area contributed by atoms with E-state index in [2.05, 4.69) is 14.5 Å². The first-order valence-electron chi connectivity index (χ1n) is 13.7. The molecule has 0 spiro atoms. The van der Waals surface area contributed by atoms with Crippen molar-refractivity contribution < 1.29 is 46.1 Å². The summed E-state index contributed by atoms with van der Waals surface area (Å²) in [4.78, 5) is 19.4. The molecule has 3 saturated heterocycles. The number of aliphatic hydroxyl groups excluding tert-OH is 1. The molecule has 1 atom stereocenters. The van der Waals surface area contributed by atoms with Crippen LogP contribution in [0.5, 0.6) is 0 Å². The number of rotatable bonds is 7. The Kier molecular flexibility index (Phi) is 10.2. The molecule has 1 aromatic rings. The van der Waals surface area contributed by atoms with Gasteiger partial charge in [0, 0.05) is 69.1 Å². The van der Waals surface area contributed by atoms with Gasteiger partial charge in [0.15, 0.2) is 6.29 Å². The molecule has 8 nitrogen and oxygen atoms in total. The molecule has 0 radical (unpaired) electrons. The van der Waals surface area contributed by atoms with Crippen molar-refractivity contribution in [2.45, 2.75) is 63.0 Å². The Balaban J connectivity index is 1.32. The van der Waals surface area contributed by atoms with Gasteiger partial charge in [-0.1, -0.05) is 17.7 Å². The van der Waals surface area contributed by atoms with Crippen LogP contribution in [-0.4, -0.2) is 114 Å². The summed E-state index contributed by atoms with van der Waals surface area (Å²) in [5, 5.41) is 19.4. The first-order chi connectivity index (χ1) is 19.2. The lowest BCUT2D eigenvalue weighted by Crippen LogP contribution is -2.52. The van der Waals surface area contributed by atoms with Crippen molar-refractivity contribution >= 4 is 23.4 Å². The molecule has 3 aliphatic rings. The molecule has 232 valence electrons. The average molecular weight is 617 g/mol. The fraction of sp³-hybridized carbons (Fsp3) is 0.731. The second kappa shape index (κ2) is 13.1. The van der Waals surface area contributed by atoms with Crippen molar-refractivity contribution in [3.8, 4) is 0 Å². The summed E-state index contributed by atoms with van der Waals surface area (Å²) >= 11 is 6.33. The maximum absolute atomic E-state index is 12.8. The second-order valence-electron chi connectivity index (χ2n) is 10.9. The van der Waals surface area contributed by atoms with Crippen LogP contribution in [0.1, 0.15) is 31.2 Å². The number of carbonyl (C=O) groups excluding carboxylic acids is 1. The summed E-state index contributed by atoms with van der Waals surface area (Å²) in [5.74, 6) is 0.442. The highest BCUT2D eigenvalue weighted by Gasteiger charge is 2.60. The number of halogens is 7. The number of aliphatic hydroxyl groups is 2. The van der Waals surface area contributed by atoms with E-state index in [1.165, 1.54) is 0 Å². The zero-order chi connectivity index (χ0) is 29.9. The van der Waals surface area contributed by atoms with Crippen LogP contribution in [0.4, 0.5) is 36.8 Å². The van der Waals surface area contributed by atoms with Crippen molar-refractivity contribution in [3.05, 3.63) is 28.8 Å². The second-order valence-corrected chi connectivity index (χ2v) is 11.3. The molecule has 4 rings (SSSR count). The molecule has 1 amide bonds. The van der Waals surface area contributed by atoms with Crippen LogP contribution in [0, 0.1) is 5.92 Å². The summed E-state index contributed by atoms with van der Waals surface area (Å²) in [5.41, 5.74) is 1.94. The first kappa shape index (κ1) is 31.9. The highest BCUT2D eigenvalue weighted by atomic mass is 35.5. The van der Waals surface area contributed by atoms with Gasteiger partial charge in [0.05, 0.1) is 0 Å². The number of likely N-dealkylation sites (tertiary alicyclic amines) is 1. The number of benzene rings is 1. The lowest BCUT2D eigenvalue weighted by Gasteiger charge is -2.40. The number of piperazine rings is 1. The van der Waals surface area contributed by atoms with Gasteiger partial charge in [0.25, 0.3) is 6.10 Å². The lowest BCUT2D eigenvalue weighted by atomic mass is 9.87. The third-order valence-corrected chi connectivity index (χ3v) is 8.36. The Morgan fingerprint density at radius 2 is 1.59 bits per heavy atom. The normalized spacial score (nSPS) is 22.3. The molecule has 3 heterocycles. The molecule has 0 bridgehead atoms. The van der Waals surface area contributed by atoms with E-state index in [0.29, 0.717) is 23.5 Å². The number of nitrogens with zero attached hydrogens (tertiary/aromatic N) is 4. The fourth-order valence-electron chi connectivity index (χ4n) is 6.14. The number of piperidine rings is 1. The lowest BCUT2D eigenvalue weighted by molar-refractivity contribution is -0.308. The minimum Gasteiger partial charge on any atom is -0.426 e. The molecule has 0 aliphatic carbocycles. The van der Waals surface area contributed by atoms with Crippen LogP contribution in [0.15, 0.2) is 18.2 Å².